The maximum Gasteiger partial charge on any atom is 0.240 e. The first-order valence-corrected chi connectivity index (χ1v) is 8.56. The third-order valence-electron chi connectivity index (χ3n) is 4.40. The Labute approximate surface area is 147 Å². The highest BCUT2D eigenvalue weighted by atomic mass is 35.5. The van der Waals surface area contributed by atoms with Gasteiger partial charge in [0.15, 0.2) is 0 Å². The van der Waals surface area contributed by atoms with Crippen molar-refractivity contribution in [1.29, 1.82) is 0 Å². The summed E-state index contributed by atoms with van der Waals surface area (Å²) in [5, 5.41) is 6.85. The molecule has 2 aromatic carbocycles. The lowest BCUT2D eigenvalue weighted by atomic mass is 9.95. The van der Waals surface area contributed by atoms with Gasteiger partial charge in [-0.2, -0.15) is 5.10 Å². The number of hydrogen-bond donors (Lipinski definition) is 0. The number of halogens is 1. The molecule has 3 rings (SSSR count). The second-order valence-electron chi connectivity index (χ2n) is 6.46. The summed E-state index contributed by atoms with van der Waals surface area (Å²) in [4.78, 5) is 12.0. The Morgan fingerprint density at radius 2 is 1.75 bits per heavy atom. The Kier molecular flexibility index (Phi) is 4.72. The van der Waals surface area contributed by atoms with Crippen molar-refractivity contribution in [3.63, 3.8) is 0 Å². The zero-order valence-corrected chi connectivity index (χ0v) is 14.9. The SMILES string of the molecule is CC(=O)N1N=C(c2ccc(Cl)cc2)C[C@H]1c1ccc(C(C)C)cc1. The highest BCUT2D eigenvalue weighted by molar-refractivity contribution is 6.30. The van der Waals surface area contributed by atoms with Gasteiger partial charge in [-0.3, -0.25) is 4.79 Å². The highest BCUT2D eigenvalue weighted by Crippen LogP contribution is 2.33. The van der Waals surface area contributed by atoms with Crippen LogP contribution in [0.1, 0.15) is 55.8 Å². The summed E-state index contributed by atoms with van der Waals surface area (Å²) in [6.07, 6.45) is 0.711. The van der Waals surface area contributed by atoms with Crippen LogP contribution in [0.25, 0.3) is 0 Å². The Morgan fingerprint density at radius 3 is 2.29 bits per heavy atom. The van der Waals surface area contributed by atoms with Crippen LogP contribution in [-0.4, -0.2) is 16.6 Å². The van der Waals surface area contributed by atoms with Crippen molar-refractivity contribution in [2.45, 2.75) is 39.2 Å². The van der Waals surface area contributed by atoms with Crippen LogP contribution in [0.4, 0.5) is 0 Å². The molecule has 124 valence electrons. The van der Waals surface area contributed by atoms with Crippen molar-refractivity contribution in [1.82, 2.24) is 5.01 Å². The van der Waals surface area contributed by atoms with Crippen LogP contribution in [0.5, 0.6) is 0 Å². The van der Waals surface area contributed by atoms with E-state index >= 15 is 0 Å². The van der Waals surface area contributed by atoms with Gasteiger partial charge in [0.2, 0.25) is 5.91 Å². The van der Waals surface area contributed by atoms with Crippen LogP contribution in [-0.2, 0) is 4.79 Å². The normalized spacial score (nSPS) is 17.3. The third kappa shape index (κ3) is 3.36. The zero-order valence-electron chi connectivity index (χ0n) is 14.2. The molecule has 0 aliphatic carbocycles. The Morgan fingerprint density at radius 1 is 1.12 bits per heavy atom. The monoisotopic (exact) mass is 340 g/mol. The van der Waals surface area contributed by atoms with Gasteiger partial charge in [0.05, 0.1) is 11.8 Å². The molecule has 0 saturated carbocycles. The molecular formula is C20H21ClN2O. The van der Waals surface area contributed by atoms with Crippen molar-refractivity contribution in [2.75, 3.05) is 0 Å². The fourth-order valence-electron chi connectivity index (χ4n) is 2.98. The lowest BCUT2D eigenvalue weighted by molar-refractivity contribution is -0.130. The molecule has 1 heterocycles. The minimum atomic E-state index is -0.0469. The molecule has 1 aliphatic heterocycles. The van der Waals surface area contributed by atoms with Crippen LogP contribution in [0.2, 0.25) is 5.02 Å². The summed E-state index contributed by atoms with van der Waals surface area (Å²) in [6, 6.07) is 16.0. The van der Waals surface area contributed by atoms with Crippen LogP contribution in [0.3, 0.4) is 0 Å². The second-order valence-corrected chi connectivity index (χ2v) is 6.89. The van der Waals surface area contributed by atoms with Crippen LogP contribution in [0.15, 0.2) is 53.6 Å². The average Bonchev–Trinajstić information content (AvgIpc) is 3.01. The molecule has 1 atom stereocenters. The van der Waals surface area contributed by atoms with Crippen molar-refractivity contribution >= 4 is 23.2 Å². The molecule has 1 amide bonds. The number of rotatable bonds is 3. The van der Waals surface area contributed by atoms with Crippen molar-refractivity contribution < 1.29 is 4.79 Å². The van der Waals surface area contributed by atoms with E-state index in [0.717, 1.165) is 16.8 Å². The van der Waals surface area contributed by atoms with E-state index in [2.05, 4.69) is 43.2 Å². The molecule has 0 bridgehead atoms. The molecule has 0 aromatic heterocycles. The number of hydrogen-bond acceptors (Lipinski definition) is 2. The molecule has 0 radical (unpaired) electrons. The number of amides is 1. The number of carbonyl (C=O) groups excluding carboxylic acids is 1. The Hall–Kier alpha value is -2.13. The molecule has 0 unspecified atom stereocenters. The van der Waals surface area contributed by atoms with E-state index in [-0.39, 0.29) is 11.9 Å². The molecule has 0 fully saturated rings. The van der Waals surface area contributed by atoms with Gasteiger partial charge in [-0.25, -0.2) is 5.01 Å². The van der Waals surface area contributed by atoms with E-state index in [0.29, 0.717) is 17.4 Å². The number of carbonyl (C=O) groups is 1. The van der Waals surface area contributed by atoms with Crippen LogP contribution >= 0.6 is 11.6 Å². The summed E-state index contributed by atoms with van der Waals surface area (Å²) in [6.45, 7) is 5.91. The maximum atomic E-state index is 12.0. The summed E-state index contributed by atoms with van der Waals surface area (Å²) < 4.78 is 0. The predicted molar refractivity (Wildman–Crippen MR) is 98.4 cm³/mol. The maximum absolute atomic E-state index is 12.0. The summed E-state index contributed by atoms with van der Waals surface area (Å²) in [5.74, 6) is 0.448. The molecule has 3 nitrogen and oxygen atoms in total. The standard InChI is InChI=1S/C20H21ClN2O/c1-13(2)15-4-6-17(7-5-15)20-12-19(22-23(20)14(3)24)16-8-10-18(21)11-9-16/h4-11,13,20H,12H2,1-3H3/t20-/m0/s1. The second kappa shape index (κ2) is 6.78. The number of nitrogens with zero attached hydrogens (tertiary/aromatic N) is 2. The van der Waals surface area contributed by atoms with E-state index in [1.165, 1.54) is 5.56 Å². The van der Waals surface area contributed by atoms with E-state index in [9.17, 15) is 4.79 Å². The van der Waals surface area contributed by atoms with E-state index in [1.807, 2.05) is 24.3 Å². The highest BCUT2D eigenvalue weighted by Gasteiger charge is 2.31. The van der Waals surface area contributed by atoms with E-state index < -0.39 is 0 Å². The summed E-state index contributed by atoms with van der Waals surface area (Å²) >= 11 is 5.96. The first-order valence-electron chi connectivity index (χ1n) is 8.19. The fourth-order valence-corrected chi connectivity index (χ4v) is 3.11. The number of hydrazone groups is 1. The van der Waals surface area contributed by atoms with Crippen molar-refractivity contribution in [3.05, 3.63) is 70.2 Å². The number of benzene rings is 2. The van der Waals surface area contributed by atoms with Gasteiger partial charge >= 0.3 is 0 Å². The van der Waals surface area contributed by atoms with Gasteiger partial charge in [-0.1, -0.05) is 61.8 Å². The molecule has 1 aliphatic rings. The van der Waals surface area contributed by atoms with E-state index in [1.54, 1.807) is 11.9 Å². The topological polar surface area (TPSA) is 32.7 Å². The molecule has 0 saturated heterocycles. The first-order chi connectivity index (χ1) is 11.5. The molecule has 24 heavy (non-hydrogen) atoms. The van der Waals surface area contributed by atoms with Crippen molar-refractivity contribution in [2.24, 2.45) is 5.10 Å². The van der Waals surface area contributed by atoms with Gasteiger partial charge < -0.3 is 0 Å². The predicted octanol–water partition coefficient (Wildman–Crippen LogP) is 5.16. The fraction of sp³-hybridized carbons (Fsp3) is 0.300. The van der Waals surface area contributed by atoms with Gasteiger partial charge in [0.25, 0.3) is 0 Å². The van der Waals surface area contributed by atoms with Gasteiger partial charge in [-0.15, -0.1) is 0 Å². The molecular weight excluding hydrogens is 320 g/mol. The quantitative estimate of drug-likeness (QED) is 0.759. The summed E-state index contributed by atoms with van der Waals surface area (Å²) in [5.41, 5.74) is 4.33. The zero-order chi connectivity index (χ0) is 17.3. The minimum absolute atomic E-state index is 0.0445. The van der Waals surface area contributed by atoms with Gasteiger partial charge in [0.1, 0.15) is 0 Å². The average molecular weight is 341 g/mol. The van der Waals surface area contributed by atoms with Gasteiger partial charge in [-0.05, 0) is 34.7 Å². The Bertz CT molecular complexity index is 763. The van der Waals surface area contributed by atoms with E-state index in [4.69, 9.17) is 11.6 Å². The lowest BCUT2D eigenvalue weighted by Gasteiger charge is -2.21. The third-order valence-corrected chi connectivity index (χ3v) is 4.65. The first kappa shape index (κ1) is 16.7. The van der Waals surface area contributed by atoms with Crippen LogP contribution in [0, 0.1) is 0 Å². The summed E-state index contributed by atoms with van der Waals surface area (Å²) in [7, 11) is 0. The lowest BCUT2D eigenvalue weighted by Crippen LogP contribution is -2.24. The van der Waals surface area contributed by atoms with Crippen molar-refractivity contribution in [3.8, 4) is 0 Å². The van der Waals surface area contributed by atoms with Crippen LogP contribution < -0.4 is 0 Å². The largest absolute Gasteiger partial charge is 0.273 e. The minimum Gasteiger partial charge on any atom is -0.273 e. The molecule has 2 aromatic rings. The Balaban J connectivity index is 1.89. The molecule has 0 spiro atoms. The molecule has 4 heteroatoms. The molecule has 0 N–H and O–H groups in total. The van der Waals surface area contributed by atoms with Gasteiger partial charge in [0, 0.05) is 18.4 Å². The smallest absolute Gasteiger partial charge is 0.240 e.